The van der Waals surface area contributed by atoms with Crippen molar-refractivity contribution in [1.82, 2.24) is 4.90 Å². The van der Waals surface area contributed by atoms with Gasteiger partial charge in [-0.3, -0.25) is 4.79 Å². The summed E-state index contributed by atoms with van der Waals surface area (Å²) in [6, 6.07) is 17.1. The number of hydrogen-bond donors (Lipinski definition) is 0. The van der Waals surface area contributed by atoms with Crippen molar-refractivity contribution >= 4 is 17.6 Å². The SMILES string of the molecule is O=C1C2Cc3ccccc3CN2C(=O)N1c1c(F)cc(C#Cc2ccccc2)cc1F. The Balaban J connectivity index is 1.48. The summed E-state index contributed by atoms with van der Waals surface area (Å²) in [6.07, 6.45) is 0.321. The number of anilines is 1. The molecule has 2 aliphatic rings. The quantitative estimate of drug-likeness (QED) is 0.441. The van der Waals surface area contributed by atoms with Crippen molar-refractivity contribution in [3.63, 3.8) is 0 Å². The molecule has 6 heteroatoms. The van der Waals surface area contributed by atoms with Crippen LogP contribution in [0.5, 0.6) is 0 Å². The van der Waals surface area contributed by atoms with Crippen LogP contribution in [0.25, 0.3) is 0 Å². The number of nitrogens with zero attached hydrogens (tertiary/aromatic N) is 2. The second kappa shape index (κ2) is 7.37. The highest BCUT2D eigenvalue weighted by Gasteiger charge is 2.49. The monoisotopic (exact) mass is 414 g/mol. The Morgan fingerprint density at radius 2 is 1.42 bits per heavy atom. The van der Waals surface area contributed by atoms with Crippen LogP contribution in [0, 0.1) is 23.5 Å². The molecule has 3 amide bonds. The van der Waals surface area contributed by atoms with Gasteiger partial charge in [0.25, 0.3) is 5.91 Å². The average Bonchev–Trinajstić information content (AvgIpc) is 3.01. The number of halogens is 2. The molecular weight excluding hydrogens is 398 g/mol. The number of carbonyl (C=O) groups is 2. The Labute approximate surface area is 177 Å². The molecule has 0 spiro atoms. The molecule has 1 atom stereocenters. The molecule has 0 saturated carbocycles. The molecule has 0 radical (unpaired) electrons. The van der Waals surface area contributed by atoms with Gasteiger partial charge in [-0.1, -0.05) is 54.3 Å². The fraction of sp³-hybridized carbons (Fsp3) is 0.120. The van der Waals surface area contributed by atoms with Crippen LogP contribution in [-0.2, 0) is 17.8 Å². The van der Waals surface area contributed by atoms with Gasteiger partial charge in [-0.25, -0.2) is 18.5 Å². The van der Waals surface area contributed by atoms with Crippen LogP contribution in [-0.4, -0.2) is 22.9 Å². The van der Waals surface area contributed by atoms with Crippen molar-refractivity contribution in [2.45, 2.75) is 19.0 Å². The van der Waals surface area contributed by atoms with E-state index in [1.807, 2.05) is 42.5 Å². The number of imide groups is 1. The van der Waals surface area contributed by atoms with Gasteiger partial charge in [0.1, 0.15) is 11.7 Å². The molecule has 4 nitrogen and oxygen atoms in total. The fourth-order valence-electron chi connectivity index (χ4n) is 4.04. The lowest BCUT2D eigenvalue weighted by molar-refractivity contribution is -0.120. The standard InChI is InChI=1S/C25H16F2N2O2/c26-20-12-17(11-10-16-6-2-1-3-7-16)13-21(27)23(20)29-24(30)22-14-18-8-4-5-9-19(18)15-28(22)25(29)31/h1-9,12-13,22H,14-15H2. The second-order valence-corrected chi connectivity index (χ2v) is 7.48. The third kappa shape index (κ3) is 3.24. The topological polar surface area (TPSA) is 40.6 Å². The first kappa shape index (κ1) is 19.0. The van der Waals surface area contributed by atoms with Crippen molar-refractivity contribution in [2.75, 3.05) is 4.90 Å². The predicted molar refractivity (Wildman–Crippen MR) is 111 cm³/mol. The number of hydrogen-bond acceptors (Lipinski definition) is 2. The minimum absolute atomic E-state index is 0.117. The summed E-state index contributed by atoms with van der Waals surface area (Å²) in [7, 11) is 0. The first-order valence-corrected chi connectivity index (χ1v) is 9.80. The van der Waals surface area contributed by atoms with E-state index in [1.54, 1.807) is 12.1 Å². The Morgan fingerprint density at radius 1 is 0.806 bits per heavy atom. The van der Waals surface area contributed by atoms with Crippen molar-refractivity contribution in [3.05, 3.63) is 101 Å². The molecule has 1 saturated heterocycles. The van der Waals surface area contributed by atoms with Gasteiger partial charge in [0.05, 0.1) is 0 Å². The largest absolute Gasteiger partial charge is 0.332 e. The summed E-state index contributed by atoms with van der Waals surface area (Å²) in [6.45, 7) is 0.228. The summed E-state index contributed by atoms with van der Waals surface area (Å²) in [4.78, 5) is 27.9. The zero-order valence-electron chi connectivity index (χ0n) is 16.3. The lowest BCUT2D eigenvalue weighted by atomic mass is 9.95. The van der Waals surface area contributed by atoms with E-state index >= 15 is 0 Å². The predicted octanol–water partition coefficient (Wildman–Crippen LogP) is 4.26. The van der Waals surface area contributed by atoms with Gasteiger partial charge in [-0.15, -0.1) is 0 Å². The molecule has 3 aromatic carbocycles. The molecule has 3 aromatic rings. The first-order valence-electron chi connectivity index (χ1n) is 9.80. The van der Waals surface area contributed by atoms with Crippen LogP contribution >= 0.6 is 0 Å². The Morgan fingerprint density at radius 3 is 2.13 bits per heavy atom. The number of benzene rings is 3. The molecule has 0 aromatic heterocycles. The lowest BCUT2D eigenvalue weighted by Crippen LogP contribution is -2.39. The van der Waals surface area contributed by atoms with Gasteiger partial charge < -0.3 is 4.90 Å². The normalized spacial score (nSPS) is 17.2. The Kier molecular flexibility index (Phi) is 4.52. The van der Waals surface area contributed by atoms with E-state index in [-0.39, 0.29) is 12.1 Å². The molecule has 2 aliphatic heterocycles. The summed E-state index contributed by atoms with van der Waals surface area (Å²) in [5.74, 6) is 2.92. The van der Waals surface area contributed by atoms with Crippen LogP contribution in [0.4, 0.5) is 19.3 Å². The lowest BCUT2D eigenvalue weighted by Gasteiger charge is -2.28. The molecule has 31 heavy (non-hydrogen) atoms. The molecule has 2 heterocycles. The first-order chi connectivity index (χ1) is 15.0. The van der Waals surface area contributed by atoms with Crippen LogP contribution in [0.15, 0.2) is 66.7 Å². The van der Waals surface area contributed by atoms with Gasteiger partial charge >= 0.3 is 6.03 Å². The van der Waals surface area contributed by atoms with Gasteiger partial charge in [0.2, 0.25) is 0 Å². The Hall–Kier alpha value is -3.98. The number of rotatable bonds is 1. The molecule has 1 fully saturated rings. The second-order valence-electron chi connectivity index (χ2n) is 7.48. The van der Waals surface area contributed by atoms with Crippen LogP contribution in [0.1, 0.15) is 22.3 Å². The van der Waals surface area contributed by atoms with E-state index in [0.29, 0.717) is 16.9 Å². The van der Waals surface area contributed by atoms with Gasteiger partial charge in [-0.2, -0.15) is 0 Å². The van der Waals surface area contributed by atoms with E-state index in [2.05, 4.69) is 11.8 Å². The smallest absolute Gasteiger partial charge is 0.307 e. The van der Waals surface area contributed by atoms with E-state index < -0.39 is 35.3 Å². The van der Waals surface area contributed by atoms with Gasteiger partial charge in [0.15, 0.2) is 11.6 Å². The maximum absolute atomic E-state index is 14.9. The molecule has 152 valence electrons. The minimum Gasteiger partial charge on any atom is -0.307 e. The highest BCUT2D eigenvalue weighted by molar-refractivity contribution is 6.21. The molecule has 1 unspecified atom stereocenters. The van der Waals surface area contributed by atoms with E-state index in [1.165, 1.54) is 4.90 Å². The van der Waals surface area contributed by atoms with Crippen LogP contribution in [0.2, 0.25) is 0 Å². The van der Waals surface area contributed by atoms with Crippen LogP contribution in [0.3, 0.4) is 0 Å². The Bertz CT molecular complexity index is 1210. The highest BCUT2D eigenvalue weighted by atomic mass is 19.1. The van der Waals surface area contributed by atoms with Crippen molar-refractivity contribution in [3.8, 4) is 11.8 Å². The van der Waals surface area contributed by atoms with Crippen LogP contribution < -0.4 is 4.90 Å². The fourth-order valence-corrected chi connectivity index (χ4v) is 4.04. The molecule has 0 bridgehead atoms. The summed E-state index contributed by atoms with van der Waals surface area (Å²) in [5, 5.41) is 0. The molecular formula is C25H16F2N2O2. The van der Waals surface area contributed by atoms with Crippen molar-refractivity contribution in [2.24, 2.45) is 0 Å². The zero-order valence-corrected chi connectivity index (χ0v) is 16.3. The number of fused-ring (bicyclic) bond motifs is 2. The summed E-state index contributed by atoms with van der Waals surface area (Å²) >= 11 is 0. The summed E-state index contributed by atoms with van der Waals surface area (Å²) < 4.78 is 29.8. The maximum atomic E-state index is 14.9. The third-order valence-corrected chi connectivity index (χ3v) is 5.56. The zero-order chi connectivity index (χ0) is 21.5. The number of urea groups is 1. The molecule has 5 rings (SSSR count). The van der Waals surface area contributed by atoms with E-state index in [9.17, 15) is 18.4 Å². The highest BCUT2D eigenvalue weighted by Crippen LogP contribution is 2.35. The average molecular weight is 414 g/mol. The maximum Gasteiger partial charge on any atom is 0.332 e. The van der Waals surface area contributed by atoms with E-state index in [0.717, 1.165) is 23.3 Å². The minimum atomic E-state index is -1.00. The van der Waals surface area contributed by atoms with E-state index in [4.69, 9.17) is 0 Å². The third-order valence-electron chi connectivity index (χ3n) is 5.56. The van der Waals surface area contributed by atoms with Gasteiger partial charge in [0, 0.05) is 24.1 Å². The molecule has 0 aliphatic carbocycles. The van der Waals surface area contributed by atoms with Gasteiger partial charge in [-0.05, 0) is 35.4 Å². The van der Waals surface area contributed by atoms with Crippen molar-refractivity contribution < 1.29 is 18.4 Å². The van der Waals surface area contributed by atoms with Crippen molar-refractivity contribution in [1.29, 1.82) is 0 Å². The summed E-state index contributed by atoms with van der Waals surface area (Å²) in [5.41, 5.74) is 2.05. The number of carbonyl (C=O) groups excluding carboxylic acids is 2. The number of amides is 3. The molecule has 0 N–H and O–H groups in total.